The van der Waals surface area contributed by atoms with Crippen LogP contribution in [0.1, 0.15) is 12.0 Å². The number of aromatic nitrogens is 2. The number of hydrogen-bond donors (Lipinski definition) is 2. The van der Waals surface area contributed by atoms with Gasteiger partial charge in [-0.1, -0.05) is 36.0 Å². The lowest BCUT2D eigenvalue weighted by atomic mass is 10.2. The highest BCUT2D eigenvalue weighted by Crippen LogP contribution is 2.19. The predicted octanol–water partition coefficient (Wildman–Crippen LogP) is 1.53. The van der Waals surface area contributed by atoms with Crippen molar-refractivity contribution < 1.29 is 9.69 Å². The molecule has 2 aromatic carbocycles. The van der Waals surface area contributed by atoms with Gasteiger partial charge in [0.2, 0.25) is 5.91 Å². The fourth-order valence-electron chi connectivity index (χ4n) is 3.05. The average molecular weight is 423 g/mol. The lowest BCUT2D eigenvalue weighted by Crippen LogP contribution is -3.05. The van der Waals surface area contributed by atoms with Crippen LogP contribution in [0, 0.1) is 11.3 Å². The second kappa shape index (κ2) is 10.1. The number of benzene rings is 2. The van der Waals surface area contributed by atoms with Crippen molar-refractivity contribution in [3.8, 4) is 6.07 Å². The fourth-order valence-corrected chi connectivity index (χ4v) is 3.88. The van der Waals surface area contributed by atoms with Crippen LogP contribution in [0.4, 0.5) is 5.69 Å². The molecule has 1 heterocycles. The summed E-state index contributed by atoms with van der Waals surface area (Å²) >= 11 is 1.23. The zero-order valence-electron chi connectivity index (χ0n) is 17.0. The van der Waals surface area contributed by atoms with Gasteiger partial charge >= 0.3 is 0 Å². The lowest BCUT2D eigenvalue weighted by Gasteiger charge is -2.14. The van der Waals surface area contributed by atoms with Crippen molar-refractivity contribution in [3.63, 3.8) is 0 Å². The van der Waals surface area contributed by atoms with E-state index in [1.54, 1.807) is 41.0 Å². The second-order valence-electron chi connectivity index (χ2n) is 7.17. The van der Waals surface area contributed by atoms with Gasteiger partial charge in [-0.15, -0.1) is 0 Å². The molecule has 1 aromatic heterocycles. The Labute approximate surface area is 179 Å². The Hall–Kier alpha value is -3.15. The molecule has 3 aromatic rings. The minimum Gasteiger partial charge on any atom is -0.340 e. The van der Waals surface area contributed by atoms with Gasteiger partial charge in [0.25, 0.3) is 5.56 Å². The third-order valence-electron chi connectivity index (χ3n) is 4.54. The van der Waals surface area contributed by atoms with E-state index in [1.165, 1.54) is 16.7 Å². The van der Waals surface area contributed by atoms with E-state index in [0.717, 1.165) is 13.0 Å². The third kappa shape index (κ3) is 5.26. The second-order valence-corrected chi connectivity index (χ2v) is 8.12. The number of rotatable bonds is 8. The van der Waals surface area contributed by atoms with Crippen LogP contribution >= 0.6 is 11.8 Å². The monoisotopic (exact) mass is 422 g/mol. The molecular weight excluding hydrogens is 398 g/mol. The van der Waals surface area contributed by atoms with Gasteiger partial charge in [-0.2, -0.15) is 5.26 Å². The molecule has 0 saturated heterocycles. The van der Waals surface area contributed by atoms with Crippen molar-refractivity contribution in [3.05, 3.63) is 64.4 Å². The highest BCUT2D eigenvalue weighted by molar-refractivity contribution is 7.99. The number of amides is 1. The molecular formula is C22H24N5O2S+. The minimum absolute atomic E-state index is 0.0868. The normalized spacial score (nSPS) is 10.9. The van der Waals surface area contributed by atoms with E-state index in [9.17, 15) is 14.9 Å². The van der Waals surface area contributed by atoms with Crippen LogP contribution in [0.25, 0.3) is 10.9 Å². The molecule has 3 rings (SSSR count). The number of quaternary nitrogens is 1. The number of fused-ring (bicyclic) bond motifs is 1. The van der Waals surface area contributed by atoms with Gasteiger partial charge in [0.15, 0.2) is 5.16 Å². The number of hydrogen-bond acceptors (Lipinski definition) is 5. The van der Waals surface area contributed by atoms with Crippen molar-refractivity contribution in [1.29, 1.82) is 5.26 Å². The smallest absolute Gasteiger partial charge is 0.262 e. The number of nitrogens with zero attached hydrogens (tertiary/aromatic N) is 3. The Bertz CT molecular complexity index is 1150. The first kappa shape index (κ1) is 21.6. The summed E-state index contributed by atoms with van der Waals surface area (Å²) in [5.74, 6) is -0.168. The van der Waals surface area contributed by atoms with Crippen LogP contribution in [0.15, 0.2) is 58.5 Å². The van der Waals surface area contributed by atoms with Gasteiger partial charge in [-0.25, -0.2) is 4.98 Å². The molecule has 2 N–H and O–H groups in total. The summed E-state index contributed by atoms with van der Waals surface area (Å²) in [4.78, 5) is 31.4. The number of nitriles is 1. The van der Waals surface area contributed by atoms with E-state index in [1.807, 2.05) is 12.1 Å². The molecule has 0 fully saturated rings. The van der Waals surface area contributed by atoms with Gasteiger partial charge in [-0.05, 0) is 24.3 Å². The van der Waals surface area contributed by atoms with Crippen molar-refractivity contribution in [2.24, 2.45) is 0 Å². The summed E-state index contributed by atoms with van der Waals surface area (Å²) < 4.78 is 1.66. The van der Waals surface area contributed by atoms with Gasteiger partial charge in [0.05, 0.1) is 48.5 Å². The van der Waals surface area contributed by atoms with Gasteiger partial charge < -0.3 is 10.2 Å². The molecule has 0 bridgehead atoms. The van der Waals surface area contributed by atoms with Gasteiger partial charge in [0, 0.05) is 13.0 Å². The summed E-state index contributed by atoms with van der Waals surface area (Å²) in [7, 11) is 4.14. The van der Waals surface area contributed by atoms with Gasteiger partial charge in [0.1, 0.15) is 6.07 Å². The zero-order chi connectivity index (χ0) is 21.5. The summed E-state index contributed by atoms with van der Waals surface area (Å²) in [5.41, 5.74) is 1.41. The Balaban J connectivity index is 1.80. The van der Waals surface area contributed by atoms with Crippen LogP contribution in [-0.2, 0) is 11.3 Å². The molecule has 0 unspecified atom stereocenters. The first-order valence-electron chi connectivity index (χ1n) is 9.70. The Morgan fingerprint density at radius 3 is 2.70 bits per heavy atom. The number of anilines is 1. The molecule has 154 valence electrons. The molecule has 0 aliphatic heterocycles. The molecule has 7 nitrogen and oxygen atoms in total. The first-order valence-corrected chi connectivity index (χ1v) is 10.7. The number of nitrogens with one attached hydrogen (secondary N) is 2. The molecule has 8 heteroatoms. The molecule has 0 saturated carbocycles. The molecule has 30 heavy (non-hydrogen) atoms. The maximum absolute atomic E-state index is 13.0. The molecule has 0 spiro atoms. The minimum atomic E-state index is -0.255. The quantitative estimate of drug-likeness (QED) is 0.424. The predicted molar refractivity (Wildman–Crippen MR) is 119 cm³/mol. The summed E-state index contributed by atoms with van der Waals surface area (Å²) in [6.07, 6.45) is 0.831. The van der Waals surface area contributed by atoms with Crippen LogP contribution in [0.3, 0.4) is 0 Å². The highest BCUT2D eigenvalue weighted by atomic mass is 32.2. The summed E-state index contributed by atoms with van der Waals surface area (Å²) in [6, 6.07) is 16.2. The van der Waals surface area contributed by atoms with Crippen molar-refractivity contribution in [2.45, 2.75) is 18.1 Å². The van der Waals surface area contributed by atoms with Crippen LogP contribution < -0.4 is 15.8 Å². The molecule has 0 aliphatic rings. The summed E-state index contributed by atoms with van der Waals surface area (Å²) in [6.45, 7) is 1.47. The fraction of sp³-hybridized carbons (Fsp3) is 0.273. The first-order chi connectivity index (χ1) is 14.5. The Kier molecular flexibility index (Phi) is 7.22. The summed E-state index contributed by atoms with van der Waals surface area (Å²) in [5, 5.41) is 13.0. The molecule has 0 aliphatic carbocycles. The number of thioether (sulfide) groups is 1. The van der Waals surface area contributed by atoms with Crippen molar-refractivity contribution in [1.82, 2.24) is 9.55 Å². The van der Waals surface area contributed by atoms with Gasteiger partial charge in [-0.3, -0.25) is 14.2 Å². The largest absolute Gasteiger partial charge is 0.340 e. The van der Waals surface area contributed by atoms with E-state index in [-0.39, 0.29) is 17.2 Å². The zero-order valence-corrected chi connectivity index (χ0v) is 17.8. The lowest BCUT2D eigenvalue weighted by molar-refractivity contribution is -0.858. The van der Waals surface area contributed by atoms with E-state index in [2.05, 4.69) is 30.5 Å². The van der Waals surface area contributed by atoms with Crippen LogP contribution in [0.5, 0.6) is 0 Å². The molecule has 0 atom stereocenters. The Morgan fingerprint density at radius 2 is 1.93 bits per heavy atom. The SMILES string of the molecule is C[NH+](C)CCCn1c(SCC(=O)Nc2ccccc2C#N)nc2ccccc2c1=O. The molecule has 1 amide bonds. The number of carbonyl (C=O) groups excluding carboxylic acids is 1. The maximum atomic E-state index is 13.0. The topological polar surface area (TPSA) is 92.2 Å². The highest BCUT2D eigenvalue weighted by Gasteiger charge is 2.14. The third-order valence-corrected chi connectivity index (χ3v) is 5.52. The van der Waals surface area contributed by atoms with Crippen LogP contribution in [0.2, 0.25) is 0 Å². The number of para-hydroxylation sites is 2. The average Bonchev–Trinajstić information content (AvgIpc) is 2.74. The Morgan fingerprint density at radius 1 is 1.20 bits per heavy atom. The molecule has 0 radical (unpaired) electrons. The van der Waals surface area contributed by atoms with E-state index in [4.69, 9.17) is 0 Å². The maximum Gasteiger partial charge on any atom is 0.262 e. The van der Waals surface area contributed by atoms with Crippen LogP contribution in [-0.4, -0.2) is 41.9 Å². The van der Waals surface area contributed by atoms with E-state index in [0.29, 0.717) is 33.9 Å². The van der Waals surface area contributed by atoms with E-state index < -0.39 is 0 Å². The van der Waals surface area contributed by atoms with E-state index >= 15 is 0 Å². The van der Waals surface area contributed by atoms with Crippen molar-refractivity contribution in [2.75, 3.05) is 31.7 Å². The van der Waals surface area contributed by atoms with Crippen molar-refractivity contribution >= 4 is 34.3 Å². The number of carbonyl (C=O) groups is 1. The standard InChI is InChI=1S/C22H23N5O2S/c1-26(2)12-7-13-27-21(29)17-9-4-6-11-19(17)25-22(27)30-15-20(28)24-18-10-5-3-8-16(18)14-23/h3-6,8-11H,7,12-13,15H2,1-2H3,(H,24,28)/p+1.